The molecular formula is C24H24N4O2S. The number of rotatable bonds is 4. The number of hydrogen-bond donors (Lipinski definition) is 3. The molecule has 2 heterocycles. The molecule has 6 nitrogen and oxygen atoms in total. The van der Waals surface area contributed by atoms with Gasteiger partial charge in [-0.25, -0.2) is 4.79 Å². The number of nitrogens with one attached hydrogen (secondary N) is 2. The van der Waals surface area contributed by atoms with E-state index in [0.717, 1.165) is 29.7 Å². The molecule has 0 spiro atoms. The molecule has 0 aliphatic heterocycles. The van der Waals surface area contributed by atoms with Gasteiger partial charge in [0, 0.05) is 24.2 Å². The van der Waals surface area contributed by atoms with Crippen molar-refractivity contribution in [2.75, 3.05) is 0 Å². The maximum absolute atomic E-state index is 11.1. The molecule has 0 radical (unpaired) electrons. The Kier molecular flexibility index (Phi) is 5.95. The largest absolute Gasteiger partial charge is 0.478 e. The van der Waals surface area contributed by atoms with Crippen LogP contribution in [-0.4, -0.2) is 26.2 Å². The molecule has 4 rings (SSSR count). The van der Waals surface area contributed by atoms with Crippen LogP contribution in [0.1, 0.15) is 55.5 Å². The highest BCUT2D eigenvalue weighted by Crippen LogP contribution is 2.33. The number of aryl methyl sites for hydroxylation is 3. The second-order valence-corrected chi connectivity index (χ2v) is 8.18. The van der Waals surface area contributed by atoms with Crippen molar-refractivity contribution in [3.05, 3.63) is 93.6 Å². The molecule has 1 aliphatic carbocycles. The van der Waals surface area contributed by atoms with Gasteiger partial charge >= 0.3 is 5.97 Å². The van der Waals surface area contributed by atoms with Gasteiger partial charge in [-0.05, 0) is 78.9 Å². The molecule has 0 saturated carbocycles. The summed E-state index contributed by atoms with van der Waals surface area (Å²) in [5.41, 5.74) is 7.99. The summed E-state index contributed by atoms with van der Waals surface area (Å²) in [6.07, 6.45) is 7.08. The number of carboxylic acids is 1. The third kappa shape index (κ3) is 4.41. The summed E-state index contributed by atoms with van der Waals surface area (Å²) in [7, 11) is 0. The zero-order valence-corrected chi connectivity index (χ0v) is 18.3. The fourth-order valence-electron chi connectivity index (χ4n) is 4.09. The molecule has 1 aromatic carbocycles. The molecule has 158 valence electrons. The number of thiocarbonyl (C=S) groups is 1. The third-order valence-electron chi connectivity index (χ3n) is 5.78. The van der Waals surface area contributed by atoms with E-state index >= 15 is 0 Å². The van der Waals surface area contributed by atoms with Crippen molar-refractivity contribution in [1.82, 2.24) is 20.6 Å². The van der Waals surface area contributed by atoms with E-state index in [2.05, 4.69) is 51.8 Å². The van der Waals surface area contributed by atoms with Gasteiger partial charge in [0.25, 0.3) is 0 Å². The average Bonchev–Trinajstić information content (AvgIpc) is 2.91. The zero-order valence-electron chi connectivity index (χ0n) is 17.5. The van der Waals surface area contributed by atoms with Crippen LogP contribution in [0.4, 0.5) is 0 Å². The molecule has 7 heteroatoms. The molecule has 2 aromatic heterocycles. The van der Waals surface area contributed by atoms with Gasteiger partial charge in [-0.15, -0.1) is 0 Å². The van der Waals surface area contributed by atoms with Crippen LogP contribution < -0.4 is 10.6 Å². The normalized spacial score (nSPS) is 14.7. The monoisotopic (exact) mass is 432 g/mol. The highest BCUT2D eigenvalue weighted by atomic mass is 32.1. The molecule has 3 N–H and O–H groups in total. The molecule has 0 bridgehead atoms. The maximum atomic E-state index is 11.1. The number of carbonyl (C=O) groups is 1. The molecular weight excluding hydrogens is 408 g/mol. The highest BCUT2D eigenvalue weighted by Gasteiger charge is 2.25. The fourth-order valence-corrected chi connectivity index (χ4v) is 4.28. The van der Waals surface area contributed by atoms with E-state index in [1.807, 2.05) is 19.3 Å². The lowest BCUT2D eigenvalue weighted by Gasteiger charge is -2.24. The summed E-state index contributed by atoms with van der Waals surface area (Å²) in [6, 6.07) is 9.99. The Morgan fingerprint density at radius 2 is 2.00 bits per heavy atom. The van der Waals surface area contributed by atoms with Crippen LogP contribution >= 0.6 is 12.2 Å². The maximum Gasteiger partial charge on any atom is 0.337 e. The van der Waals surface area contributed by atoms with Crippen molar-refractivity contribution >= 4 is 23.3 Å². The predicted octanol–water partition coefficient (Wildman–Crippen LogP) is 3.64. The van der Waals surface area contributed by atoms with Crippen LogP contribution in [-0.2, 0) is 19.4 Å². The van der Waals surface area contributed by atoms with E-state index in [9.17, 15) is 4.79 Å². The number of carboxylic acid groups (broad SMARTS) is 1. The molecule has 0 saturated heterocycles. The van der Waals surface area contributed by atoms with Crippen LogP contribution in [0.2, 0.25) is 0 Å². The van der Waals surface area contributed by atoms with E-state index in [-0.39, 0.29) is 11.6 Å². The Labute approximate surface area is 186 Å². The van der Waals surface area contributed by atoms with Gasteiger partial charge in [0.05, 0.1) is 23.8 Å². The molecule has 1 unspecified atom stereocenters. The number of benzene rings is 1. The highest BCUT2D eigenvalue weighted by molar-refractivity contribution is 7.80. The topological polar surface area (TPSA) is 87.1 Å². The minimum atomic E-state index is -0.984. The Morgan fingerprint density at radius 3 is 2.77 bits per heavy atom. The lowest BCUT2D eigenvalue weighted by atomic mass is 9.93. The van der Waals surface area contributed by atoms with Gasteiger partial charge in [-0.2, -0.15) is 0 Å². The Morgan fingerprint density at radius 1 is 1.16 bits per heavy atom. The first-order chi connectivity index (χ1) is 14.9. The van der Waals surface area contributed by atoms with E-state index < -0.39 is 5.97 Å². The number of hydrogen-bond acceptors (Lipinski definition) is 4. The first kappa shape index (κ1) is 20.9. The van der Waals surface area contributed by atoms with Crippen molar-refractivity contribution in [3.63, 3.8) is 0 Å². The Bertz CT molecular complexity index is 1160. The molecule has 31 heavy (non-hydrogen) atoms. The van der Waals surface area contributed by atoms with Crippen molar-refractivity contribution in [3.8, 4) is 0 Å². The van der Waals surface area contributed by atoms with Crippen molar-refractivity contribution < 1.29 is 9.90 Å². The van der Waals surface area contributed by atoms with E-state index in [1.165, 1.54) is 28.5 Å². The summed E-state index contributed by atoms with van der Waals surface area (Å²) in [5, 5.41) is 16.3. The van der Waals surface area contributed by atoms with Gasteiger partial charge in [-0.1, -0.05) is 18.2 Å². The molecule has 0 fully saturated rings. The van der Waals surface area contributed by atoms with Crippen molar-refractivity contribution in [2.24, 2.45) is 0 Å². The summed E-state index contributed by atoms with van der Waals surface area (Å²) in [4.78, 5) is 19.7. The van der Waals surface area contributed by atoms with E-state index in [1.54, 1.807) is 6.07 Å². The van der Waals surface area contributed by atoms with Crippen LogP contribution in [0.15, 0.2) is 48.9 Å². The zero-order chi connectivity index (χ0) is 22.0. The van der Waals surface area contributed by atoms with Gasteiger partial charge in [-0.3, -0.25) is 9.97 Å². The lowest BCUT2D eigenvalue weighted by Crippen LogP contribution is -2.38. The van der Waals surface area contributed by atoms with Gasteiger partial charge < -0.3 is 15.7 Å². The van der Waals surface area contributed by atoms with Crippen LogP contribution in [0, 0.1) is 13.8 Å². The SMILES string of the molecule is Cc1cc(C(=O)O)cnc1CNC(=S)NC1c2cnccc2CCc2c(C)cccc21. The number of pyridine rings is 2. The third-order valence-corrected chi connectivity index (χ3v) is 6.05. The Hall–Kier alpha value is -3.32. The van der Waals surface area contributed by atoms with Crippen LogP contribution in [0.3, 0.4) is 0 Å². The fraction of sp³-hybridized carbons (Fsp3) is 0.250. The minimum absolute atomic E-state index is 0.0930. The van der Waals surface area contributed by atoms with Crippen molar-refractivity contribution in [1.29, 1.82) is 0 Å². The average molecular weight is 433 g/mol. The number of nitrogens with zero attached hydrogens (tertiary/aromatic N) is 2. The summed E-state index contributed by atoms with van der Waals surface area (Å²) in [6.45, 7) is 4.40. The first-order valence-electron chi connectivity index (χ1n) is 10.2. The molecule has 3 aromatic rings. The standard InChI is InChI=1S/C24H24N4O2S/c1-14-4-3-5-19-18(14)7-6-16-8-9-25-12-20(16)22(19)28-24(31)27-13-21-15(2)10-17(11-26-21)23(29)30/h3-5,8-12,22H,6-7,13H2,1-2H3,(H,29,30)(H2,27,28,31). The van der Waals surface area contributed by atoms with Crippen LogP contribution in [0.25, 0.3) is 0 Å². The molecule has 1 aliphatic rings. The summed E-state index contributed by atoms with van der Waals surface area (Å²) >= 11 is 5.62. The smallest absolute Gasteiger partial charge is 0.337 e. The summed E-state index contributed by atoms with van der Waals surface area (Å²) < 4.78 is 0. The minimum Gasteiger partial charge on any atom is -0.478 e. The summed E-state index contributed by atoms with van der Waals surface area (Å²) in [5.74, 6) is -0.984. The van der Waals surface area contributed by atoms with Crippen LogP contribution in [0.5, 0.6) is 0 Å². The number of fused-ring (bicyclic) bond motifs is 2. The predicted molar refractivity (Wildman–Crippen MR) is 123 cm³/mol. The van der Waals surface area contributed by atoms with Gasteiger partial charge in [0.2, 0.25) is 0 Å². The Balaban J connectivity index is 1.55. The number of aromatic carboxylic acids is 1. The van der Waals surface area contributed by atoms with Gasteiger partial charge in [0.1, 0.15) is 0 Å². The lowest BCUT2D eigenvalue weighted by molar-refractivity contribution is 0.0696. The quantitative estimate of drug-likeness (QED) is 0.543. The second kappa shape index (κ2) is 8.81. The first-order valence-corrected chi connectivity index (χ1v) is 10.6. The van der Waals surface area contributed by atoms with E-state index in [4.69, 9.17) is 17.3 Å². The van der Waals surface area contributed by atoms with Gasteiger partial charge in [0.15, 0.2) is 5.11 Å². The molecule has 1 atom stereocenters. The van der Waals surface area contributed by atoms with Crippen molar-refractivity contribution in [2.45, 2.75) is 39.3 Å². The second-order valence-electron chi connectivity index (χ2n) is 7.77. The number of aromatic nitrogens is 2. The van der Waals surface area contributed by atoms with E-state index in [0.29, 0.717) is 11.7 Å². The molecule has 0 amide bonds.